The van der Waals surface area contributed by atoms with Crippen LogP contribution in [0.1, 0.15) is 17.3 Å². The van der Waals surface area contributed by atoms with E-state index in [0.29, 0.717) is 29.2 Å². The van der Waals surface area contributed by atoms with Gasteiger partial charge in [0.15, 0.2) is 0 Å². The molecule has 0 spiro atoms. The molecule has 0 bridgehead atoms. The van der Waals surface area contributed by atoms with Crippen LogP contribution in [0.3, 0.4) is 0 Å². The van der Waals surface area contributed by atoms with Crippen molar-refractivity contribution < 1.29 is 14.3 Å². The Bertz CT molecular complexity index is 915. The Hall–Kier alpha value is -3.48. The molecule has 1 N–H and O–H groups in total. The van der Waals surface area contributed by atoms with Gasteiger partial charge < -0.3 is 14.8 Å². The van der Waals surface area contributed by atoms with Gasteiger partial charge in [-0.1, -0.05) is 6.07 Å². The zero-order valence-electron chi connectivity index (χ0n) is 14.5. The quantitative estimate of drug-likeness (QED) is 0.681. The minimum Gasteiger partial charge on any atom is -0.497 e. The van der Waals surface area contributed by atoms with Crippen LogP contribution in [0.5, 0.6) is 5.75 Å². The van der Waals surface area contributed by atoms with E-state index in [1.807, 2.05) is 24.3 Å². The van der Waals surface area contributed by atoms with Gasteiger partial charge >= 0.3 is 5.97 Å². The number of nitrogens with one attached hydrogen (secondary N) is 1. The Morgan fingerprint density at radius 1 is 1.12 bits per heavy atom. The topological polar surface area (TPSA) is 86.2 Å². The highest BCUT2D eigenvalue weighted by molar-refractivity contribution is 5.90. The summed E-state index contributed by atoms with van der Waals surface area (Å²) in [6.07, 6.45) is 6.32. The molecule has 7 heteroatoms. The molecule has 3 aromatic rings. The van der Waals surface area contributed by atoms with Crippen molar-refractivity contribution in [2.75, 3.05) is 19.0 Å². The average Bonchev–Trinajstić information content (AvgIpc) is 2.68. The molecule has 7 nitrogen and oxygen atoms in total. The van der Waals surface area contributed by atoms with Gasteiger partial charge in [0.05, 0.1) is 37.4 Å². The first-order valence-corrected chi connectivity index (χ1v) is 8.05. The summed E-state index contributed by atoms with van der Waals surface area (Å²) >= 11 is 0. The van der Waals surface area contributed by atoms with Crippen molar-refractivity contribution in [3.8, 4) is 17.0 Å². The van der Waals surface area contributed by atoms with Gasteiger partial charge in [-0.25, -0.2) is 9.78 Å². The number of ether oxygens (including phenoxy) is 2. The van der Waals surface area contributed by atoms with Crippen molar-refractivity contribution >= 4 is 17.5 Å². The van der Waals surface area contributed by atoms with Crippen LogP contribution in [0, 0.1) is 0 Å². The van der Waals surface area contributed by atoms with Gasteiger partial charge in [-0.2, -0.15) is 0 Å². The first-order valence-electron chi connectivity index (χ1n) is 8.05. The van der Waals surface area contributed by atoms with Crippen LogP contribution < -0.4 is 10.1 Å². The number of aromatic nitrogens is 3. The Balaban J connectivity index is 1.85. The summed E-state index contributed by atoms with van der Waals surface area (Å²) in [5, 5.41) is 3.18. The van der Waals surface area contributed by atoms with E-state index in [2.05, 4.69) is 20.3 Å². The maximum atomic E-state index is 11.9. The number of pyridine rings is 1. The maximum absolute atomic E-state index is 11.9. The lowest BCUT2D eigenvalue weighted by molar-refractivity contribution is 0.0526. The van der Waals surface area contributed by atoms with Crippen molar-refractivity contribution in [1.29, 1.82) is 0 Å². The molecule has 0 radical (unpaired) electrons. The fourth-order valence-electron chi connectivity index (χ4n) is 2.32. The standard InChI is InChI=1S/C19H18N4O3/c1-3-26-19(24)14-7-13(9-20-10-14)17-11-21-12-18(23-17)22-15-5-4-6-16(8-15)25-2/h4-12H,3H2,1-2H3,(H,22,23). The van der Waals surface area contributed by atoms with Gasteiger partial charge in [0.25, 0.3) is 0 Å². The molecule has 0 aliphatic rings. The number of methoxy groups -OCH3 is 1. The van der Waals surface area contributed by atoms with Crippen molar-refractivity contribution in [3.05, 3.63) is 60.7 Å². The maximum Gasteiger partial charge on any atom is 0.339 e. The number of anilines is 2. The molecule has 0 amide bonds. The molecule has 1 aromatic carbocycles. The molecule has 0 saturated carbocycles. The number of esters is 1. The second-order valence-electron chi connectivity index (χ2n) is 5.33. The summed E-state index contributed by atoms with van der Waals surface area (Å²) in [6.45, 7) is 2.07. The number of nitrogens with zero attached hydrogens (tertiary/aromatic N) is 3. The van der Waals surface area contributed by atoms with Crippen LogP contribution in [0.4, 0.5) is 11.5 Å². The van der Waals surface area contributed by atoms with E-state index in [9.17, 15) is 4.79 Å². The number of carbonyl (C=O) groups excluding carboxylic acids is 1. The normalized spacial score (nSPS) is 10.2. The first-order chi connectivity index (χ1) is 12.7. The number of rotatable bonds is 6. The van der Waals surface area contributed by atoms with Crippen molar-refractivity contribution in [3.63, 3.8) is 0 Å². The highest BCUT2D eigenvalue weighted by atomic mass is 16.5. The minimum absolute atomic E-state index is 0.308. The van der Waals surface area contributed by atoms with E-state index < -0.39 is 5.97 Å². The molecule has 0 aliphatic carbocycles. The zero-order chi connectivity index (χ0) is 18.4. The van der Waals surface area contributed by atoms with Gasteiger partial charge in [0.1, 0.15) is 11.6 Å². The van der Waals surface area contributed by atoms with E-state index >= 15 is 0 Å². The van der Waals surface area contributed by atoms with E-state index in [0.717, 1.165) is 11.4 Å². The third-order valence-electron chi connectivity index (χ3n) is 3.52. The molecular formula is C19H18N4O3. The molecule has 0 unspecified atom stereocenters. The highest BCUT2D eigenvalue weighted by Gasteiger charge is 2.10. The molecule has 0 saturated heterocycles. The fourth-order valence-corrected chi connectivity index (χ4v) is 2.32. The van der Waals surface area contributed by atoms with Crippen LogP contribution >= 0.6 is 0 Å². The average molecular weight is 350 g/mol. The Kier molecular flexibility index (Phi) is 5.38. The van der Waals surface area contributed by atoms with Gasteiger partial charge in [0, 0.05) is 29.7 Å². The lowest BCUT2D eigenvalue weighted by atomic mass is 10.1. The molecular weight excluding hydrogens is 332 g/mol. The Morgan fingerprint density at radius 3 is 2.77 bits per heavy atom. The summed E-state index contributed by atoms with van der Waals surface area (Å²) in [5.74, 6) is 0.892. The van der Waals surface area contributed by atoms with Crippen LogP contribution in [0.15, 0.2) is 55.1 Å². The van der Waals surface area contributed by atoms with E-state index in [4.69, 9.17) is 9.47 Å². The monoisotopic (exact) mass is 350 g/mol. The smallest absolute Gasteiger partial charge is 0.339 e. The Labute approximate surface area is 151 Å². The van der Waals surface area contributed by atoms with Crippen LogP contribution in [0.2, 0.25) is 0 Å². The Morgan fingerprint density at radius 2 is 1.96 bits per heavy atom. The van der Waals surface area contributed by atoms with E-state index in [-0.39, 0.29) is 0 Å². The van der Waals surface area contributed by atoms with Crippen molar-refractivity contribution in [2.24, 2.45) is 0 Å². The largest absolute Gasteiger partial charge is 0.497 e. The number of hydrogen-bond acceptors (Lipinski definition) is 7. The third kappa shape index (κ3) is 4.13. The van der Waals surface area contributed by atoms with Gasteiger partial charge in [-0.05, 0) is 25.1 Å². The zero-order valence-corrected chi connectivity index (χ0v) is 14.5. The SMILES string of the molecule is CCOC(=O)c1cncc(-c2cncc(Nc3cccc(OC)c3)n2)c1. The molecule has 26 heavy (non-hydrogen) atoms. The predicted molar refractivity (Wildman–Crippen MR) is 97.5 cm³/mol. The molecule has 0 aliphatic heterocycles. The molecule has 0 fully saturated rings. The molecule has 0 atom stereocenters. The second-order valence-corrected chi connectivity index (χ2v) is 5.33. The van der Waals surface area contributed by atoms with Gasteiger partial charge in [0.2, 0.25) is 0 Å². The van der Waals surface area contributed by atoms with E-state index in [1.165, 1.54) is 6.20 Å². The molecule has 3 rings (SSSR count). The minimum atomic E-state index is -0.416. The van der Waals surface area contributed by atoms with Crippen LogP contribution in [-0.2, 0) is 4.74 Å². The number of carbonyl (C=O) groups is 1. The predicted octanol–water partition coefficient (Wildman–Crippen LogP) is 3.47. The lowest BCUT2D eigenvalue weighted by Crippen LogP contribution is -2.05. The number of benzene rings is 1. The number of hydrogen-bond donors (Lipinski definition) is 1. The summed E-state index contributed by atoms with van der Waals surface area (Å²) in [4.78, 5) is 24.7. The summed E-state index contributed by atoms with van der Waals surface area (Å²) in [5.41, 5.74) is 2.47. The van der Waals surface area contributed by atoms with Crippen molar-refractivity contribution in [1.82, 2.24) is 15.0 Å². The van der Waals surface area contributed by atoms with Crippen molar-refractivity contribution in [2.45, 2.75) is 6.92 Å². The molecule has 2 aromatic heterocycles. The highest BCUT2D eigenvalue weighted by Crippen LogP contribution is 2.22. The fraction of sp³-hybridized carbons (Fsp3) is 0.158. The molecule has 132 valence electrons. The summed E-state index contributed by atoms with van der Waals surface area (Å²) in [7, 11) is 1.61. The van der Waals surface area contributed by atoms with Gasteiger partial charge in [-0.3, -0.25) is 9.97 Å². The van der Waals surface area contributed by atoms with Crippen LogP contribution in [-0.4, -0.2) is 34.6 Å². The summed E-state index contributed by atoms with van der Waals surface area (Å²) in [6, 6.07) is 9.19. The first kappa shape index (κ1) is 17.3. The van der Waals surface area contributed by atoms with E-state index in [1.54, 1.807) is 38.7 Å². The second kappa shape index (κ2) is 8.06. The summed E-state index contributed by atoms with van der Waals surface area (Å²) < 4.78 is 10.2. The van der Waals surface area contributed by atoms with Crippen LogP contribution in [0.25, 0.3) is 11.3 Å². The third-order valence-corrected chi connectivity index (χ3v) is 3.52. The lowest BCUT2D eigenvalue weighted by Gasteiger charge is -2.09. The van der Waals surface area contributed by atoms with Gasteiger partial charge in [-0.15, -0.1) is 0 Å². The molecule has 2 heterocycles.